The summed E-state index contributed by atoms with van der Waals surface area (Å²) in [5.74, 6) is 2.75. The molecular weight excluding hydrogens is 256 g/mol. The Morgan fingerprint density at radius 3 is 2.86 bits per heavy atom. The van der Waals surface area contributed by atoms with Crippen molar-refractivity contribution in [1.82, 2.24) is 0 Å². The van der Waals surface area contributed by atoms with Crippen LogP contribution in [0.15, 0.2) is 18.2 Å². The van der Waals surface area contributed by atoms with Crippen molar-refractivity contribution >= 4 is 5.78 Å². The largest absolute Gasteiger partial charge is 0.295 e. The first kappa shape index (κ1) is 13.5. The molecule has 1 aromatic carbocycles. The van der Waals surface area contributed by atoms with Crippen molar-refractivity contribution in [2.24, 2.45) is 17.3 Å². The molecule has 4 atom stereocenters. The Balaban J connectivity index is 1.73. The standard InChI is InChI=1S/C20H26O/c1-13(21)15-6-5-14-7-8-17-16(18(14)12-15)9-11-20(2)10-3-4-19(17)20/h5-6,12,16-17,19H,3-4,7-11H2,1-2H3/t16-,17+,19-,20-/m0/s1. The SMILES string of the molecule is CC(=O)c1ccc2c(c1)[C@H]1CC[C@]3(C)CCC[C@H]3[C@@H]1CC2. The molecule has 0 heterocycles. The van der Waals surface area contributed by atoms with Gasteiger partial charge in [0, 0.05) is 5.56 Å². The fourth-order valence-electron chi connectivity index (χ4n) is 5.78. The van der Waals surface area contributed by atoms with E-state index in [4.69, 9.17) is 0 Å². The highest BCUT2D eigenvalue weighted by Crippen LogP contribution is 2.60. The molecule has 2 fully saturated rings. The van der Waals surface area contributed by atoms with Crippen molar-refractivity contribution in [3.05, 3.63) is 34.9 Å². The second kappa shape index (κ2) is 4.69. The Morgan fingerprint density at radius 2 is 2.05 bits per heavy atom. The number of carbonyl (C=O) groups excluding carboxylic acids is 1. The molecule has 1 heteroatoms. The van der Waals surface area contributed by atoms with Crippen molar-refractivity contribution in [2.75, 3.05) is 0 Å². The third-order valence-electron chi connectivity index (χ3n) is 6.92. The van der Waals surface area contributed by atoms with Gasteiger partial charge in [-0.3, -0.25) is 4.79 Å². The van der Waals surface area contributed by atoms with Crippen LogP contribution in [0.25, 0.3) is 0 Å². The van der Waals surface area contributed by atoms with Gasteiger partial charge in [-0.15, -0.1) is 0 Å². The van der Waals surface area contributed by atoms with Crippen molar-refractivity contribution in [3.63, 3.8) is 0 Å². The Hall–Kier alpha value is -1.11. The maximum absolute atomic E-state index is 11.7. The number of fused-ring (bicyclic) bond motifs is 5. The average molecular weight is 282 g/mol. The summed E-state index contributed by atoms with van der Waals surface area (Å²) in [6.07, 6.45) is 9.65. The van der Waals surface area contributed by atoms with Crippen LogP contribution in [0.4, 0.5) is 0 Å². The number of ketones is 1. The highest BCUT2D eigenvalue weighted by Gasteiger charge is 2.50. The van der Waals surface area contributed by atoms with Crippen LogP contribution in [0.2, 0.25) is 0 Å². The van der Waals surface area contributed by atoms with E-state index in [0.29, 0.717) is 5.41 Å². The van der Waals surface area contributed by atoms with Gasteiger partial charge in [-0.25, -0.2) is 0 Å². The lowest BCUT2D eigenvalue weighted by atomic mass is 9.56. The minimum absolute atomic E-state index is 0.210. The number of rotatable bonds is 1. The van der Waals surface area contributed by atoms with Gasteiger partial charge in [0.25, 0.3) is 0 Å². The third kappa shape index (κ3) is 2.00. The first-order chi connectivity index (χ1) is 10.1. The molecular formula is C20H26O. The van der Waals surface area contributed by atoms with Crippen LogP contribution in [0.5, 0.6) is 0 Å². The number of carbonyl (C=O) groups is 1. The molecule has 3 aliphatic carbocycles. The van der Waals surface area contributed by atoms with Crippen LogP contribution in [0.3, 0.4) is 0 Å². The van der Waals surface area contributed by atoms with Crippen LogP contribution >= 0.6 is 0 Å². The molecule has 1 nitrogen and oxygen atoms in total. The molecule has 0 aromatic heterocycles. The van der Waals surface area contributed by atoms with Gasteiger partial charge in [-0.2, -0.15) is 0 Å². The zero-order chi connectivity index (χ0) is 14.6. The summed E-state index contributed by atoms with van der Waals surface area (Å²) in [6.45, 7) is 4.24. The maximum Gasteiger partial charge on any atom is 0.159 e. The molecule has 0 spiro atoms. The predicted molar refractivity (Wildman–Crippen MR) is 85.7 cm³/mol. The van der Waals surface area contributed by atoms with Gasteiger partial charge >= 0.3 is 0 Å². The zero-order valence-corrected chi connectivity index (χ0v) is 13.3. The van der Waals surface area contributed by atoms with E-state index in [2.05, 4.69) is 19.1 Å². The number of aryl methyl sites for hydroxylation is 1. The Labute approximate surface area is 128 Å². The maximum atomic E-state index is 11.7. The highest BCUT2D eigenvalue weighted by atomic mass is 16.1. The van der Waals surface area contributed by atoms with E-state index < -0.39 is 0 Å². The number of Topliss-reactive ketones (excluding diaryl/α,β-unsaturated/α-hetero) is 1. The second-order valence-electron chi connectivity index (χ2n) is 7.97. The first-order valence-electron chi connectivity index (χ1n) is 8.72. The monoisotopic (exact) mass is 282 g/mol. The smallest absolute Gasteiger partial charge is 0.159 e. The van der Waals surface area contributed by atoms with E-state index in [1.54, 1.807) is 6.92 Å². The second-order valence-corrected chi connectivity index (χ2v) is 7.97. The molecule has 21 heavy (non-hydrogen) atoms. The lowest BCUT2D eigenvalue weighted by molar-refractivity contribution is 0.0598. The average Bonchev–Trinajstić information content (AvgIpc) is 2.88. The summed E-state index contributed by atoms with van der Waals surface area (Å²) in [6, 6.07) is 6.49. The Kier molecular flexibility index (Phi) is 3.03. The van der Waals surface area contributed by atoms with Crippen LogP contribution < -0.4 is 0 Å². The van der Waals surface area contributed by atoms with Gasteiger partial charge in [0.2, 0.25) is 0 Å². The summed E-state index contributed by atoms with van der Waals surface area (Å²) in [4.78, 5) is 11.7. The zero-order valence-electron chi connectivity index (χ0n) is 13.3. The van der Waals surface area contributed by atoms with Crippen LogP contribution in [0, 0.1) is 17.3 Å². The normalized spacial score (nSPS) is 37.5. The summed E-state index contributed by atoms with van der Waals surface area (Å²) in [5, 5.41) is 0. The van der Waals surface area contributed by atoms with Crippen LogP contribution in [0.1, 0.15) is 79.8 Å². The van der Waals surface area contributed by atoms with E-state index >= 15 is 0 Å². The van der Waals surface area contributed by atoms with Gasteiger partial charge in [0.05, 0.1) is 0 Å². The molecule has 2 saturated carbocycles. The van der Waals surface area contributed by atoms with Crippen LogP contribution in [-0.2, 0) is 6.42 Å². The van der Waals surface area contributed by atoms with Gasteiger partial charge in [0.15, 0.2) is 5.78 Å². The highest BCUT2D eigenvalue weighted by molar-refractivity contribution is 5.94. The third-order valence-corrected chi connectivity index (χ3v) is 6.92. The molecule has 0 unspecified atom stereocenters. The quantitative estimate of drug-likeness (QED) is 0.652. The fourth-order valence-corrected chi connectivity index (χ4v) is 5.78. The van der Waals surface area contributed by atoms with Gasteiger partial charge in [-0.1, -0.05) is 25.5 Å². The molecule has 4 rings (SSSR count). The molecule has 3 aliphatic rings. The van der Waals surface area contributed by atoms with E-state index in [1.165, 1.54) is 56.1 Å². The van der Waals surface area contributed by atoms with E-state index in [-0.39, 0.29) is 5.78 Å². The van der Waals surface area contributed by atoms with Crippen molar-refractivity contribution in [1.29, 1.82) is 0 Å². The van der Waals surface area contributed by atoms with Crippen LogP contribution in [-0.4, -0.2) is 5.78 Å². The van der Waals surface area contributed by atoms with Gasteiger partial charge < -0.3 is 0 Å². The number of benzene rings is 1. The summed E-state index contributed by atoms with van der Waals surface area (Å²) >= 11 is 0. The predicted octanol–water partition coefficient (Wildman–Crippen LogP) is 5.14. The summed E-state index contributed by atoms with van der Waals surface area (Å²) in [7, 11) is 0. The molecule has 112 valence electrons. The molecule has 0 saturated heterocycles. The van der Waals surface area contributed by atoms with Gasteiger partial charge in [0.1, 0.15) is 0 Å². The molecule has 0 aliphatic heterocycles. The number of hydrogen-bond donors (Lipinski definition) is 0. The van der Waals surface area contributed by atoms with Crippen molar-refractivity contribution < 1.29 is 4.79 Å². The van der Waals surface area contributed by atoms with E-state index in [1.807, 2.05) is 6.07 Å². The summed E-state index contributed by atoms with van der Waals surface area (Å²) in [5.41, 5.74) is 4.57. The topological polar surface area (TPSA) is 17.1 Å². The molecule has 0 N–H and O–H groups in total. The minimum Gasteiger partial charge on any atom is -0.295 e. The summed E-state index contributed by atoms with van der Waals surface area (Å²) < 4.78 is 0. The minimum atomic E-state index is 0.210. The molecule has 0 bridgehead atoms. The Bertz CT molecular complexity index is 588. The van der Waals surface area contributed by atoms with Crippen molar-refractivity contribution in [3.8, 4) is 0 Å². The molecule has 0 amide bonds. The van der Waals surface area contributed by atoms with Gasteiger partial charge in [-0.05, 0) is 85.8 Å². The van der Waals surface area contributed by atoms with E-state index in [0.717, 1.165) is 23.3 Å². The first-order valence-corrected chi connectivity index (χ1v) is 8.72. The molecule has 0 radical (unpaired) electrons. The lowest BCUT2D eigenvalue weighted by Gasteiger charge is -2.49. The van der Waals surface area contributed by atoms with E-state index in [9.17, 15) is 4.79 Å². The number of hydrogen-bond acceptors (Lipinski definition) is 1. The molecule has 1 aromatic rings. The fraction of sp³-hybridized carbons (Fsp3) is 0.650. The van der Waals surface area contributed by atoms with Crippen molar-refractivity contribution in [2.45, 2.75) is 64.7 Å². The lowest BCUT2D eigenvalue weighted by Crippen LogP contribution is -2.39. The Morgan fingerprint density at radius 1 is 1.19 bits per heavy atom.